The number of benzene rings is 2. The highest BCUT2D eigenvalue weighted by molar-refractivity contribution is 5.89. The van der Waals surface area contributed by atoms with Gasteiger partial charge in [0.05, 0.1) is 13.0 Å². The number of hydrogen-bond acceptors (Lipinski definition) is 3. The molecule has 0 bridgehead atoms. The first-order valence-corrected chi connectivity index (χ1v) is 9.37. The lowest BCUT2D eigenvalue weighted by molar-refractivity contribution is -0.135. The molecule has 0 aliphatic carbocycles. The Bertz CT molecular complexity index is 841. The molecule has 2 aromatic rings. The Labute approximate surface area is 164 Å². The summed E-state index contributed by atoms with van der Waals surface area (Å²) in [6.07, 6.45) is 1.00. The van der Waals surface area contributed by atoms with E-state index >= 15 is 0 Å². The molecular formula is C22H25FN2O3. The van der Waals surface area contributed by atoms with Crippen LogP contribution in [0, 0.1) is 11.7 Å². The maximum Gasteiger partial charge on any atom is 0.228 e. The maximum atomic E-state index is 13.9. The fraction of sp³-hybridized carbons (Fsp3) is 0.364. The third-order valence-electron chi connectivity index (χ3n) is 5.09. The molecule has 1 saturated heterocycles. The van der Waals surface area contributed by atoms with E-state index in [1.165, 1.54) is 18.7 Å². The van der Waals surface area contributed by atoms with E-state index in [0.717, 1.165) is 6.42 Å². The maximum absolute atomic E-state index is 13.9. The number of nitrogens with zero attached hydrogens (tertiary/aromatic N) is 2. The van der Waals surface area contributed by atoms with E-state index in [4.69, 9.17) is 4.74 Å². The van der Waals surface area contributed by atoms with Gasteiger partial charge in [-0.1, -0.05) is 36.4 Å². The second kappa shape index (κ2) is 8.87. The molecule has 0 saturated carbocycles. The van der Waals surface area contributed by atoms with Gasteiger partial charge in [0, 0.05) is 33.1 Å². The lowest BCUT2D eigenvalue weighted by atomic mass is 10.1. The molecular weight excluding hydrogens is 359 g/mol. The van der Waals surface area contributed by atoms with Crippen LogP contribution < -0.4 is 4.74 Å². The summed E-state index contributed by atoms with van der Waals surface area (Å²) in [5.41, 5.74) is 1.85. The number of rotatable bonds is 7. The highest BCUT2D eigenvalue weighted by Crippen LogP contribution is 2.22. The number of carbonyl (C=O) groups excluding carboxylic acids is 2. The molecule has 1 atom stereocenters. The number of amides is 2. The van der Waals surface area contributed by atoms with Gasteiger partial charge in [-0.25, -0.2) is 4.39 Å². The Hall–Kier alpha value is -2.89. The molecule has 1 unspecified atom stereocenters. The first-order valence-electron chi connectivity index (χ1n) is 9.37. The SMILES string of the molecule is COc1ccc(CN(C)C(=O)C2CC(=O)N(CCc3ccccc3)C2)cc1F. The Morgan fingerprint density at radius 3 is 2.64 bits per heavy atom. The highest BCUT2D eigenvalue weighted by Gasteiger charge is 2.35. The lowest BCUT2D eigenvalue weighted by Crippen LogP contribution is -2.34. The van der Waals surface area contributed by atoms with Crippen LogP contribution in [0.3, 0.4) is 0 Å². The summed E-state index contributed by atoms with van der Waals surface area (Å²) in [5, 5.41) is 0. The van der Waals surface area contributed by atoms with Crippen LogP contribution in [0.2, 0.25) is 0 Å². The van der Waals surface area contributed by atoms with Gasteiger partial charge in [0.25, 0.3) is 0 Å². The van der Waals surface area contributed by atoms with Crippen LogP contribution in [-0.2, 0) is 22.6 Å². The van der Waals surface area contributed by atoms with Gasteiger partial charge >= 0.3 is 0 Å². The third kappa shape index (κ3) is 4.68. The van der Waals surface area contributed by atoms with Gasteiger partial charge in [-0.2, -0.15) is 0 Å². The number of halogens is 1. The quantitative estimate of drug-likeness (QED) is 0.738. The molecule has 28 heavy (non-hydrogen) atoms. The van der Waals surface area contributed by atoms with Crippen molar-refractivity contribution in [2.75, 3.05) is 27.2 Å². The van der Waals surface area contributed by atoms with Gasteiger partial charge < -0.3 is 14.5 Å². The molecule has 2 amide bonds. The Morgan fingerprint density at radius 1 is 1.21 bits per heavy atom. The van der Waals surface area contributed by atoms with E-state index in [-0.39, 0.29) is 36.4 Å². The standard InChI is InChI=1S/C22H25FN2O3/c1-24(14-17-8-9-20(28-2)19(23)12-17)22(27)18-13-21(26)25(15-18)11-10-16-6-4-3-5-7-16/h3-9,12,18H,10-11,13-15H2,1-2H3. The van der Waals surface area contributed by atoms with Gasteiger partial charge in [-0.3, -0.25) is 9.59 Å². The van der Waals surface area contributed by atoms with Crippen molar-refractivity contribution in [3.63, 3.8) is 0 Å². The molecule has 0 spiro atoms. The molecule has 148 valence electrons. The van der Waals surface area contributed by atoms with Crippen LogP contribution in [0.1, 0.15) is 17.5 Å². The van der Waals surface area contributed by atoms with Gasteiger partial charge in [0.2, 0.25) is 11.8 Å². The van der Waals surface area contributed by atoms with Crippen molar-refractivity contribution >= 4 is 11.8 Å². The smallest absolute Gasteiger partial charge is 0.228 e. The summed E-state index contributed by atoms with van der Waals surface area (Å²) < 4.78 is 18.8. The largest absolute Gasteiger partial charge is 0.494 e. The molecule has 6 heteroatoms. The number of carbonyl (C=O) groups is 2. The van der Waals surface area contributed by atoms with Crippen LogP contribution in [0.25, 0.3) is 0 Å². The summed E-state index contributed by atoms with van der Waals surface area (Å²) in [6.45, 7) is 1.33. The zero-order valence-corrected chi connectivity index (χ0v) is 16.2. The third-order valence-corrected chi connectivity index (χ3v) is 5.09. The van der Waals surface area contributed by atoms with Gasteiger partial charge in [-0.05, 0) is 29.7 Å². The molecule has 1 aliphatic heterocycles. The zero-order chi connectivity index (χ0) is 20.1. The van der Waals surface area contributed by atoms with Crippen molar-refractivity contribution in [1.29, 1.82) is 0 Å². The normalized spacial score (nSPS) is 16.3. The fourth-order valence-corrected chi connectivity index (χ4v) is 3.53. The van der Waals surface area contributed by atoms with Gasteiger partial charge in [-0.15, -0.1) is 0 Å². The topological polar surface area (TPSA) is 49.9 Å². The molecule has 5 nitrogen and oxygen atoms in total. The van der Waals surface area contributed by atoms with Crippen molar-refractivity contribution < 1.29 is 18.7 Å². The van der Waals surface area contributed by atoms with Crippen LogP contribution >= 0.6 is 0 Å². The van der Waals surface area contributed by atoms with Crippen LogP contribution in [-0.4, -0.2) is 48.9 Å². The Balaban J connectivity index is 1.55. The Kier molecular flexibility index (Phi) is 6.29. The summed E-state index contributed by atoms with van der Waals surface area (Å²) >= 11 is 0. The second-order valence-corrected chi connectivity index (χ2v) is 7.14. The Morgan fingerprint density at radius 2 is 1.96 bits per heavy atom. The molecule has 1 aliphatic rings. The summed E-state index contributed by atoms with van der Waals surface area (Å²) in [4.78, 5) is 28.4. The number of hydrogen-bond donors (Lipinski definition) is 0. The number of methoxy groups -OCH3 is 1. The molecule has 3 rings (SSSR count). The minimum absolute atomic E-state index is 0.0122. The fourth-order valence-electron chi connectivity index (χ4n) is 3.53. The van der Waals surface area contributed by atoms with E-state index in [0.29, 0.717) is 18.7 Å². The average Bonchev–Trinajstić information content (AvgIpc) is 3.07. The van der Waals surface area contributed by atoms with Crippen molar-refractivity contribution in [1.82, 2.24) is 9.80 Å². The minimum Gasteiger partial charge on any atom is -0.494 e. The summed E-state index contributed by atoms with van der Waals surface area (Å²) in [5.74, 6) is -0.710. The van der Waals surface area contributed by atoms with Crippen molar-refractivity contribution in [2.24, 2.45) is 5.92 Å². The van der Waals surface area contributed by atoms with Crippen molar-refractivity contribution in [2.45, 2.75) is 19.4 Å². The van der Waals surface area contributed by atoms with E-state index < -0.39 is 5.82 Å². The van der Waals surface area contributed by atoms with Gasteiger partial charge in [0.1, 0.15) is 0 Å². The van der Waals surface area contributed by atoms with Crippen LogP contribution in [0.5, 0.6) is 5.75 Å². The molecule has 1 fully saturated rings. The lowest BCUT2D eigenvalue weighted by Gasteiger charge is -2.22. The molecule has 0 N–H and O–H groups in total. The summed E-state index contributed by atoms with van der Waals surface area (Å²) in [6, 6.07) is 14.6. The molecule has 0 aromatic heterocycles. The number of ether oxygens (including phenoxy) is 1. The molecule has 0 radical (unpaired) electrons. The van der Waals surface area contributed by atoms with Crippen molar-refractivity contribution in [3.05, 3.63) is 65.5 Å². The molecule has 1 heterocycles. The van der Waals surface area contributed by atoms with Gasteiger partial charge in [0.15, 0.2) is 11.6 Å². The summed E-state index contributed by atoms with van der Waals surface area (Å²) in [7, 11) is 3.09. The minimum atomic E-state index is -0.455. The number of likely N-dealkylation sites (tertiary alicyclic amines) is 1. The average molecular weight is 384 g/mol. The van der Waals surface area contributed by atoms with E-state index in [9.17, 15) is 14.0 Å². The van der Waals surface area contributed by atoms with Crippen LogP contribution in [0.15, 0.2) is 48.5 Å². The first-order chi connectivity index (χ1) is 13.5. The monoisotopic (exact) mass is 384 g/mol. The van der Waals surface area contributed by atoms with E-state index in [1.54, 1.807) is 29.0 Å². The zero-order valence-electron chi connectivity index (χ0n) is 16.2. The first kappa shape index (κ1) is 19.9. The van der Waals surface area contributed by atoms with E-state index in [2.05, 4.69) is 0 Å². The predicted molar refractivity (Wildman–Crippen MR) is 104 cm³/mol. The van der Waals surface area contributed by atoms with Crippen LogP contribution in [0.4, 0.5) is 4.39 Å². The van der Waals surface area contributed by atoms with E-state index in [1.807, 2.05) is 30.3 Å². The molecule has 2 aromatic carbocycles. The predicted octanol–water partition coefficient (Wildman–Crippen LogP) is 2.88. The second-order valence-electron chi connectivity index (χ2n) is 7.14. The van der Waals surface area contributed by atoms with Crippen molar-refractivity contribution in [3.8, 4) is 5.75 Å². The highest BCUT2D eigenvalue weighted by atomic mass is 19.1.